The van der Waals surface area contributed by atoms with Crippen LogP contribution in [0.4, 0.5) is 0 Å². The molecule has 0 unspecified atom stereocenters. The molecule has 0 saturated carbocycles. The molecule has 0 fully saturated rings. The second kappa shape index (κ2) is 22.6. The summed E-state index contributed by atoms with van der Waals surface area (Å²) >= 11 is 0. The molecule has 0 spiro atoms. The fraction of sp³-hybridized carbons (Fsp3) is 0.0476. The highest BCUT2D eigenvalue weighted by Crippen LogP contribution is 1.97. The van der Waals surface area contributed by atoms with Gasteiger partial charge in [-0.2, -0.15) is 0 Å². The molecular weight excluding hydrogens is 252 g/mol. The van der Waals surface area contributed by atoms with Gasteiger partial charge in [0.05, 0.1) is 0 Å². The lowest BCUT2D eigenvalue weighted by atomic mass is 10.2. The van der Waals surface area contributed by atoms with E-state index in [9.17, 15) is 0 Å². The minimum absolute atomic E-state index is 1.02. The van der Waals surface area contributed by atoms with E-state index in [2.05, 4.69) is 46.1 Å². The molecule has 0 atom stereocenters. The van der Waals surface area contributed by atoms with Gasteiger partial charge in [0.15, 0.2) is 0 Å². The Morgan fingerprint density at radius 3 is 1.24 bits per heavy atom. The molecule has 1 rings (SSSR count). The van der Waals surface area contributed by atoms with E-state index in [-0.39, 0.29) is 0 Å². The quantitative estimate of drug-likeness (QED) is 0.532. The van der Waals surface area contributed by atoms with Gasteiger partial charge in [0, 0.05) is 0 Å². The van der Waals surface area contributed by atoms with Crippen LogP contribution >= 0.6 is 0 Å². The van der Waals surface area contributed by atoms with Crippen molar-refractivity contribution in [3.63, 3.8) is 0 Å². The van der Waals surface area contributed by atoms with Gasteiger partial charge in [0.2, 0.25) is 0 Å². The number of hydrogen-bond acceptors (Lipinski definition) is 0. The van der Waals surface area contributed by atoms with Crippen LogP contribution in [-0.2, 0) is 0 Å². The summed E-state index contributed by atoms with van der Waals surface area (Å²) < 4.78 is 0. The molecule has 21 heavy (non-hydrogen) atoms. The molecule has 0 aliphatic heterocycles. The third kappa shape index (κ3) is 31.8. The minimum atomic E-state index is 1.02. The molecule has 0 heterocycles. The lowest BCUT2D eigenvalue weighted by molar-refractivity contribution is 1.58. The van der Waals surface area contributed by atoms with E-state index < -0.39 is 0 Å². The van der Waals surface area contributed by atoms with Crippen molar-refractivity contribution in [2.24, 2.45) is 0 Å². The van der Waals surface area contributed by atoms with E-state index in [4.69, 9.17) is 0 Å². The number of allylic oxidation sites excluding steroid dienone is 6. The first kappa shape index (κ1) is 23.5. The fourth-order valence-electron chi connectivity index (χ4n) is 0.589. The van der Waals surface area contributed by atoms with Crippen molar-refractivity contribution in [1.29, 1.82) is 0 Å². The maximum absolute atomic E-state index is 3.63. The Labute approximate surface area is 131 Å². The molecule has 0 nitrogen and oxygen atoms in total. The first-order valence-corrected chi connectivity index (χ1v) is 6.46. The normalized spacial score (nSPS) is 6.71. The monoisotopic (exact) mass is 280 g/mol. The zero-order valence-electron chi connectivity index (χ0n) is 13.3. The standard InChI is InChI=1S/C8H8.C5H8.2C4H6/c1-2-8-6-4-3-5-7-8;1-4-5(2)3;2*1-3-4-2/h2-7H,1H2;4H,1-2H2,3H3;2*3-4H,1-2H2. The summed E-state index contributed by atoms with van der Waals surface area (Å²) in [5, 5.41) is 0. The van der Waals surface area contributed by atoms with Crippen LogP contribution in [0.15, 0.2) is 112 Å². The van der Waals surface area contributed by atoms with E-state index in [0.717, 1.165) is 5.57 Å². The summed E-state index contributed by atoms with van der Waals surface area (Å²) in [6, 6.07) is 10.0. The Kier molecular flexibility index (Phi) is 25.2. The van der Waals surface area contributed by atoms with Crippen LogP contribution in [0.5, 0.6) is 0 Å². The number of hydrogen-bond donors (Lipinski definition) is 0. The third-order valence-corrected chi connectivity index (χ3v) is 1.72. The summed E-state index contributed by atoms with van der Waals surface area (Å²) in [4.78, 5) is 0. The Balaban J connectivity index is -0.000000219. The number of benzene rings is 1. The van der Waals surface area contributed by atoms with Crippen molar-refractivity contribution in [2.75, 3.05) is 0 Å². The van der Waals surface area contributed by atoms with E-state index in [1.54, 1.807) is 30.4 Å². The second-order valence-electron chi connectivity index (χ2n) is 3.61. The number of rotatable bonds is 4. The summed E-state index contributed by atoms with van der Waals surface area (Å²) in [7, 11) is 0. The zero-order valence-corrected chi connectivity index (χ0v) is 13.3. The molecule has 0 aliphatic carbocycles. The molecular formula is C21H28. The van der Waals surface area contributed by atoms with Crippen LogP contribution in [0.2, 0.25) is 0 Å². The lowest BCUT2D eigenvalue weighted by Crippen LogP contribution is -1.63. The van der Waals surface area contributed by atoms with Gasteiger partial charge in [0.25, 0.3) is 0 Å². The van der Waals surface area contributed by atoms with Crippen molar-refractivity contribution in [1.82, 2.24) is 0 Å². The maximum Gasteiger partial charge on any atom is -0.0263 e. The SMILES string of the molecule is C=CC(=C)C.C=CC=C.C=CC=C.C=Cc1ccccc1. The van der Waals surface area contributed by atoms with Gasteiger partial charge in [-0.25, -0.2) is 0 Å². The average Bonchev–Trinajstić information content (AvgIpc) is 2.56. The topological polar surface area (TPSA) is 0 Å². The lowest BCUT2D eigenvalue weighted by Gasteiger charge is -1.85. The molecule has 112 valence electrons. The fourth-order valence-corrected chi connectivity index (χ4v) is 0.589. The van der Waals surface area contributed by atoms with Gasteiger partial charge >= 0.3 is 0 Å². The summed E-state index contributed by atoms with van der Waals surface area (Å²) in [6.07, 6.45) is 10.1. The van der Waals surface area contributed by atoms with Crippen LogP contribution in [0.3, 0.4) is 0 Å². The Morgan fingerprint density at radius 2 is 1.10 bits per heavy atom. The van der Waals surface area contributed by atoms with Crippen molar-refractivity contribution in [3.8, 4) is 0 Å². The third-order valence-electron chi connectivity index (χ3n) is 1.72. The van der Waals surface area contributed by atoms with Crippen LogP contribution in [-0.4, -0.2) is 0 Å². The molecule has 1 aromatic rings. The predicted molar refractivity (Wildman–Crippen MR) is 102 cm³/mol. The van der Waals surface area contributed by atoms with Crippen molar-refractivity contribution < 1.29 is 0 Å². The van der Waals surface area contributed by atoms with Crippen molar-refractivity contribution >= 4 is 6.08 Å². The molecule has 0 bridgehead atoms. The van der Waals surface area contributed by atoms with Crippen molar-refractivity contribution in [3.05, 3.63) is 118 Å². The van der Waals surface area contributed by atoms with Crippen LogP contribution in [0.1, 0.15) is 12.5 Å². The summed E-state index contributed by atoms with van der Waals surface area (Å²) in [6.45, 7) is 26.0. The van der Waals surface area contributed by atoms with Gasteiger partial charge in [-0.1, -0.05) is 118 Å². The smallest absolute Gasteiger partial charge is 0.0263 e. The zero-order chi connectivity index (χ0) is 16.9. The van der Waals surface area contributed by atoms with E-state index in [0.29, 0.717) is 0 Å². The maximum atomic E-state index is 3.63. The minimum Gasteiger partial charge on any atom is -0.0991 e. The molecule has 0 aliphatic rings. The molecule has 0 amide bonds. The molecule has 0 saturated heterocycles. The second-order valence-corrected chi connectivity index (χ2v) is 3.61. The average molecular weight is 280 g/mol. The van der Waals surface area contributed by atoms with Gasteiger partial charge in [-0.3, -0.25) is 0 Å². The largest absolute Gasteiger partial charge is 0.0991 e. The highest BCUT2D eigenvalue weighted by Gasteiger charge is 1.75. The molecule has 0 heteroatoms. The van der Waals surface area contributed by atoms with Crippen molar-refractivity contribution in [2.45, 2.75) is 6.92 Å². The molecule has 0 N–H and O–H groups in total. The summed E-state index contributed by atoms with van der Waals surface area (Å²) in [5.74, 6) is 0. The first-order chi connectivity index (χ1) is 10.0. The van der Waals surface area contributed by atoms with Crippen LogP contribution in [0, 0.1) is 0 Å². The van der Waals surface area contributed by atoms with Gasteiger partial charge < -0.3 is 0 Å². The summed E-state index contributed by atoms with van der Waals surface area (Å²) in [5.41, 5.74) is 2.19. The highest BCUT2D eigenvalue weighted by atomic mass is 13.8. The molecule has 0 aromatic heterocycles. The molecule has 0 radical (unpaired) electrons. The van der Waals surface area contributed by atoms with E-state index in [1.165, 1.54) is 5.56 Å². The van der Waals surface area contributed by atoms with E-state index >= 15 is 0 Å². The highest BCUT2D eigenvalue weighted by molar-refractivity contribution is 5.45. The van der Waals surface area contributed by atoms with Gasteiger partial charge in [0.1, 0.15) is 0 Å². The van der Waals surface area contributed by atoms with Gasteiger partial charge in [-0.05, 0) is 12.5 Å². The first-order valence-electron chi connectivity index (χ1n) is 6.46. The molecule has 1 aromatic carbocycles. The Bertz CT molecular complexity index is 395. The van der Waals surface area contributed by atoms with Crippen LogP contribution < -0.4 is 0 Å². The van der Waals surface area contributed by atoms with Gasteiger partial charge in [-0.15, -0.1) is 0 Å². The Hall–Kier alpha value is -2.60. The predicted octanol–water partition coefficient (Wildman–Crippen LogP) is 6.79. The Morgan fingerprint density at radius 1 is 0.762 bits per heavy atom. The van der Waals surface area contributed by atoms with Crippen LogP contribution in [0.25, 0.3) is 6.08 Å². The van der Waals surface area contributed by atoms with E-state index in [1.807, 2.05) is 43.3 Å².